The number of likely N-dealkylation sites (tertiary alicyclic amines) is 1. The number of amides is 1. The molecule has 2 rings (SSSR count). The lowest BCUT2D eigenvalue weighted by atomic mass is 9.98. The predicted molar refractivity (Wildman–Crippen MR) is 65.4 cm³/mol. The molecule has 2 heterocycles. The van der Waals surface area contributed by atoms with E-state index in [0.29, 0.717) is 6.42 Å². The van der Waals surface area contributed by atoms with Crippen molar-refractivity contribution in [3.8, 4) is 0 Å². The maximum atomic E-state index is 11.9. The molecule has 0 bridgehead atoms. The molecule has 4 nitrogen and oxygen atoms in total. The number of hydrogen-bond acceptors (Lipinski definition) is 3. The molecule has 0 N–H and O–H groups in total. The molecule has 0 aromatic carbocycles. The molecule has 1 amide bonds. The second kappa shape index (κ2) is 5.25. The second-order valence-corrected chi connectivity index (χ2v) is 4.48. The van der Waals surface area contributed by atoms with Gasteiger partial charge in [0.2, 0.25) is 5.91 Å². The molecule has 1 aromatic rings. The Labute approximate surface area is 102 Å². The summed E-state index contributed by atoms with van der Waals surface area (Å²) in [6.45, 7) is 4.66. The van der Waals surface area contributed by atoms with E-state index in [4.69, 9.17) is 0 Å². The summed E-state index contributed by atoms with van der Waals surface area (Å²) in [5.74, 6) is 1.00. The van der Waals surface area contributed by atoms with Crippen LogP contribution < -0.4 is 0 Å². The Morgan fingerprint density at radius 3 is 3.06 bits per heavy atom. The van der Waals surface area contributed by atoms with Crippen molar-refractivity contribution in [1.82, 2.24) is 14.9 Å². The summed E-state index contributed by atoms with van der Waals surface area (Å²) in [6.07, 6.45) is 5.64. The molecular formula is C13H19N3O. The molecule has 0 saturated carbocycles. The summed E-state index contributed by atoms with van der Waals surface area (Å²) in [5.41, 5.74) is 0.985. The van der Waals surface area contributed by atoms with E-state index in [2.05, 4.69) is 9.97 Å². The summed E-state index contributed by atoms with van der Waals surface area (Å²) < 4.78 is 0. The molecular weight excluding hydrogens is 214 g/mol. The van der Waals surface area contributed by atoms with E-state index in [-0.39, 0.29) is 11.9 Å². The SMILES string of the molecule is CCC(=O)N1CCCC[C@@H]1c1ccnc(C)n1. The number of piperidine rings is 1. The number of aromatic nitrogens is 2. The van der Waals surface area contributed by atoms with Crippen LogP contribution in [0.1, 0.15) is 50.2 Å². The molecule has 1 aromatic heterocycles. The molecule has 17 heavy (non-hydrogen) atoms. The van der Waals surface area contributed by atoms with Gasteiger partial charge in [-0.2, -0.15) is 0 Å². The smallest absolute Gasteiger partial charge is 0.222 e. The highest BCUT2D eigenvalue weighted by atomic mass is 16.2. The molecule has 1 saturated heterocycles. The van der Waals surface area contributed by atoms with Gasteiger partial charge in [0.1, 0.15) is 5.82 Å². The molecule has 0 unspecified atom stereocenters. The zero-order valence-corrected chi connectivity index (χ0v) is 10.5. The number of nitrogens with zero attached hydrogens (tertiary/aromatic N) is 3. The molecule has 92 valence electrons. The normalized spacial score (nSPS) is 20.4. The average molecular weight is 233 g/mol. The van der Waals surface area contributed by atoms with Gasteiger partial charge < -0.3 is 4.90 Å². The van der Waals surface area contributed by atoms with Crippen LogP contribution in [0.2, 0.25) is 0 Å². The molecule has 0 radical (unpaired) electrons. The van der Waals surface area contributed by atoms with E-state index in [1.165, 1.54) is 6.42 Å². The lowest BCUT2D eigenvalue weighted by Crippen LogP contribution is -2.38. The monoisotopic (exact) mass is 233 g/mol. The van der Waals surface area contributed by atoms with E-state index < -0.39 is 0 Å². The maximum absolute atomic E-state index is 11.9. The Kier molecular flexibility index (Phi) is 3.71. The topological polar surface area (TPSA) is 46.1 Å². The van der Waals surface area contributed by atoms with Gasteiger partial charge in [0, 0.05) is 19.2 Å². The fourth-order valence-electron chi connectivity index (χ4n) is 2.40. The standard InChI is InChI=1S/C13H19N3O/c1-3-13(17)16-9-5-4-6-12(16)11-7-8-14-10(2)15-11/h7-8,12H,3-6,9H2,1-2H3/t12-/m1/s1. The predicted octanol–water partition coefficient (Wildman–Crippen LogP) is 2.25. The third kappa shape index (κ3) is 2.62. The third-order valence-corrected chi connectivity index (χ3v) is 3.26. The first-order valence-corrected chi connectivity index (χ1v) is 6.31. The number of rotatable bonds is 2. The minimum atomic E-state index is 0.151. The van der Waals surface area contributed by atoms with Crippen LogP contribution in [-0.4, -0.2) is 27.3 Å². The molecule has 1 atom stereocenters. The van der Waals surface area contributed by atoms with Crippen LogP contribution in [0.3, 0.4) is 0 Å². The Morgan fingerprint density at radius 2 is 2.35 bits per heavy atom. The van der Waals surface area contributed by atoms with Crippen LogP contribution >= 0.6 is 0 Å². The van der Waals surface area contributed by atoms with Gasteiger partial charge in [0.25, 0.3) is 0 Å². The van der Waals surface area contributed by atoms with Crippen LogP contribution in [0.4, 0.5) is 0 Å². The molecule has 0 spiro atoms. The highest BCUT2D eigenvalue weighted by Gasteiger charge is 2.27. The summed E-state index contributed by atoms with van der Waals surface area (Å²) in [6, 6.07) is 2.08. The van der Waals surface area contributed by atoms with Crippen molar-refractivity contribution in [3.05, 3.63) is 23.8 Å². The minimum absolute atomic E-state index is 0.151. The van der Waals surface area contributed by atoms with Gasteiger partial charge >= 0.3 is 0 Å². The van der Waals surface area contributed by atoms with Crippen molar-refractivity contribution in [1.29, 1.82) is 0 Å². The fraction of sp³-hybridized carbons (Fsp3) is 0.615. The largest absolute Gasteiger partial charge is 0.334 e. The summed E-state index contributed by atoms with van der Waals surface area (Å²) in [5, 5.41) is 0. The Balaban J connectivity index is 2.24. The van der Waals surface area contributed by atoms with Crippen LogP contribution in [0.25, 0.3) is 0 Å². The Bertz CT molecular complexity index is 405. The summed E-state index contributed by atoms with van der Waals surface area (Å²) in [7, 11) is 0. The molecule has 1 aliphatic heterocycles. The van der Waals surface area contributed by atoms with E-state index >= 15 is 0 Å². The Hall–Kier alpha value is -1.45. The zero-order chi connectivity index (χ0) is 12.3. The molecule has 1 fully saturated rings. The van der Waals surface area contributed by atoms with E-state index in [9.17, 15) is 4.79 Å². The van der Waals surface area contributed by atoms with Gasteiger partial charge in [-0.15, -0.1) is 0 Å². The number of carbonyl (C=O) groups excluding carboxylic acids is 1. The van der Waals surface area contributed by atoms with Crippen molar-refractivity contribution in [2.45, 2.75) is 45.6 Å². The first-order chi connectivity index (χ1) is 8.22. The number of hydrogen-bond donors (Lipinski definition) is 0. The van der Waals surface area contributed by atoms with Crippen LogP contribution in [0, 0.1) is 6.92 Å². The van der Waals surface area contributed by atoms with Gasteiger partial charge in [0.05, 0.1) is 11.7 Å². The van der Waals surface area contributed by atoms with Crippen molar-refractivity contribution < 1.29 is 4.79 Å². The highest BCUT2D eigenvalue weighted by molar-refractivity contribution is 5.76. The number of aryl methyl sites for hydroxylation is 1. The average Bonchev–Trinajstić information content (AvgIpc) is 2.38. The van der Waals surface area contributed by atoms with Gasteiger partial charge in [-0.05, 0) is 32.3 Å². The first kappa shape index (κ1) is 12.0. The van der Waals surface area contributed by atoms with E-state index in [1.54, 1.807) is 6.20 Å². The second-order valence-electron chi connectivity index (χ2n) is 4.48. The zero-order valence-electron chi connectivity index (χ0n) is 10.5. The van der Waals surface area contributed by atoms with Crippen molar-refractivity contribution in [2.24, 2.45) is 0 Å². The third-order valence-electron chi connectivity index (χ3n) is 3.26. The quantitative estimate of drug-likeness (QED) is 0.787. The van der Waals surface area contributed by atoms with Crippen molar-refractivity contribution in [2.75, 3.05) is 6.54 Å². The molecule has 4 heteroatoms. The van der Waals surface area contributed by atoms with Crippen molar-refractivity contribution >= 4 is 5.91 Å². The van der Waals surface area contributed by atoms with Crippen molar-refractivity contribution in [3.63, 3.8) is 0 Å². The van der Waals surface area contributed by atoms with Crippen LogP contribution in [0.5, 0.6) is 0 Å². The van der Waals surface area contributed by atoms with Gasteiger partial charge in [0.15, 0.2) is 0 Å². The van der Waals surface area contributed by atoms with E-state index in [1.807, 2.05) is 24.8 Å². The number of carbonyl (C=O) groups is 1. The van der Waals surface area contributed by atoms with Gasteiger partial charge in [-0.25, -0.2) is 9.97 Å². The van der Waals surface area contributed by atoms with E-state index in [0.717, 1.165) is 30.9 Å². The molecule has 1 aliphatic rings. The van der Waals surface area contributed by atoms with Crippen LogP contribution in [-0.2, 0) is 4.79 Å². The fourth-order valence-corrected chi connectivity index (χ4v) is 2.40. The lowest BCUT2D eigenvalue weighted by Gasteiger charge is -2.35. The Morgan fingerprint density at radius 1 is 1.53 bits per heavy atom. The summed E-state index contributed by atoms with van der Waals surface area (Å²) >= 11 is 0. The van der Waals surface area contributed by atoms with Gasteiger partial charge in [-0.3, -0.25) is 4.79 Å². The minimum Gasteiger partial charge on any atom is -0.334 e. The van der Waals surface area contributed by atoms with Gasteiger partial charge in [-0.1, -0.05) is 6.92 Å². The summed E-state index contributed by atoms with van der Waals surface area (Å²) in [4.78, 5) is 22.5. The van der Waals surface area contributed by atoms with Crippen LogP contribution in [0.15, 0.2) is 12.3 Å². The maximum Gasteiger partial charge on any atom is 0.222 e. The highest BCUT2D eigenvalue weighted by Crippen LogP contribution is 2.29. The first-order valence-electron chi connectivity index (χ1n) is 6.31. The molecule has 0 aliphatic carbocycles. The lowest BCUT2D eigenvalue weighted by molar-refractivity contribution is -0.134.